The molecule has 21 nitrogen and oxygen atoms in total. The maximum absolute atomic E-state index is 12.8. The largest absolute Gasteiger partial charge is 0.508 e. The Bertz CT molecular complexity index is 3810. The summed E-state index contributed by atoms with van der Waals surface area (Å²) in [5, 5.41) is 65.8. The lowest BCUT2D eigenvalue weighted by Gasteiger charge is -2.32. The van der Waals surface area contributed by atoms with Gasteiger partial charge in [0.2, 0.25) is 5.91 Å². The van der Waals surface area contributed by atoms with Crippen molar-refractivity contribution >= 4 is 45.6 Å². The minimum Gasteiger partial charge on any atom is -0.508 e. The molecule has 6 heterocycles. The number of carbonyl (C=O) groups excluding carboxylic acids is 3. The van der Waals surface area contributed by atoms with E-state index < -0.39 is 18.8 Å². The zero-order valence-electron chi connectivity index (χ0n) is 50.1. The van der Waals surface area contributed by atoms with Crippen molar-refractivity contribution < 1.29 is 55.2 Å². The van der Waals surface area contributed by atoms with E-state index in [1.54, 1.807) is 12.1 Å². The summed E-state index contributed by atoms with van der Waals surface area (Å²) in [4.78, 5) is 70.9. The van der Waals surface area contributed by atoms with E-state index in [4.69, 9.17) is 6.48 Å². The predicted octanol–water partition coefficient (Wildman–Crippen LogP) is 11.1. The average Bonchev–Trinajstić information content (AvgIpc) is 1.88. The second kappa shape index (κ2) is 28.8. The summed E-state index contributed by atoms with van der Waals surface area (Å²) in [6.45, 7) is 11.0. The van der Waals surface area contributed by atoms with E-state index in [2.05, 4.69) is 46.5 Å². The average molecular weight is 1190 g/mol. The maximum Gasteiger partial charge on any atom is 0.348 e. The number of esters is 2. The number of aromatic hydroxyl groups is 4. The second-order valence-electron chi connectivity index (χ2n) is 22.9. The molecule has 22 heteroatoms. The molecule has 0 unspecified atom stereocenters. The number of amides is 1. The number of aromatic nitrogens is 8. The van der Waals surface area contributed by atoms with Gasteiger partial charge in [-0.05, 0) is 134 Å². The highest BCUT2D eigenvalue weighted by atomic mass is 19.1. The molecule has 8 aromatic rings. The van der Waals surface area contributed by atoms with Gasteiger partial charge in [-0.2, -0.15) is 10.2 Å². The Balaban J connectivity index is 0.000000195. The lowest BCUT2D eigenvalue weighted by Crippen LogP contribution is -2.38. The Morgan fingerprint density at radius 1 is 0.628 bits per heavy atom. The molecule has 0 radical (unpaired) electrons. The number of nitrogens with zero attached hydrogens (tertiary/aromatic N) is 7. The number of hydrogen-bond donors (Lipinski definition) is 7. The zero-order chi connectivity index (χ0) is 62.5. The number of phenolic OH excluding ortho intramolecular Hbond substituents is 4. The monoisotopic (exact) mass is 1180 g/mol. The van der Waals surface area contributed by atoms with E-state index in [1.165, 1.54) is 59.8 Å². The van der Waals surface area contributed by atoms with Crippen molar-refractivity contribution in [1.82, 2.24) is 43.6 Å². The number of carboxylic acid groups (broad SMARTS) is 1. The highest BCUT2D eigenvalue weighted by molar-refractivity contribution is 5.88. The molecule has 4 aromatic heterocycles. The Hall–Kier alpha value is -8.95. The van der Waals surface area contributed by atoms with Crippen LogP contribution in [0.3, 0.4) is 0 Å². The number of fused-ring (bicyclic) bond motifs is 2. The number of benzene rings is 4. The van der Waals surface area contributed by atoms with E-state index in [9.17, 15) is 53.6 Å². The Morgan fingerprint density at radius 3 is 1.50 bits per heavy atom. The van der Waals surface area contributed by atoms with Gasteiger partial charge >= 0.3 is 29.3 Å². The summed E-state index contributed by atoms with van der Waals surface area (Å²) in [6, 6.07) is 21.7. The molecule has 1 saturated carbocycles. The summed E-state index contributed by atoms with van der Waals surface area (Å²) in [6.07, 6.45) is 17.1. The fourth-order valence-electron chi connectivity index (χ4n) is 11.7. The lowest BCUT2D eigenvalue weighted by molar-refractivity contribution is -0.163. The molecule has 2 aliphatic heterocycles. The molecule has 3 aliphatic rings. The van der Waals surface area contributed by atoms with Crippen LogP contribution in [0.4, 0.5) is 4.39 Å². The molecule has 3 fully saturated rings. The predicted molar refractivity (Wildman–Crippen MR) is 324 cm³/mol. The molecule has 4 aromatic carbocycles. The summed E-state index contributed by atoms with van der Waals surface area (Å²) in [7, 11) is -1.00. The quantitative estimate of drug-likeness (QED) is 0.0350. The number of cyclic esters (lactones) is 2. The highest BCUT2D eigenvalue weighted by Gasteiger charge is 2.25. The van der Waals surface area contributed by atoms with Crippen LogP contribution in [-0.4, -0.2) is 113 Å². The van der Waals surface area contributed by atoms with Gasteiger partial charge in [-0.15, -0.1) is 0 Å². The number of ether oxygens (including phenoxy) is 1. The normalized spacial score (nSPS) is 15.0. The van der Waals surface area contributed by atoms with E-state index >= 15 is 0 Å². The molecule has 2 saturated heterocycles. The smallest absolute Gasteiger partial charge is 0.348 e. The van der Waals surface area contributed by atoms with E-state index in [0.717, 1.165) is 60.1 Å². The number of likely N-dealkylation sites (tertiary alicyclic amines) is 1. The number of hydrogen-bond acceptors (Lipinski definition) is 13. The van der Waals surface area contributed by atoms with Gasteiger partial charge in [0, 0.05) is 98.2 Å². The minimum atomic E-state index is -1.00. The summed E-state index contributed by atoms with van der Waals surface area (Å²) in [5.41, 5.74) is 4.71. The maximum atomic E-state index is 12.8. The third kappa shape index (κ3) is 15.1. The number of aryl methyl sites for hydroxylation is 2. The third-order valence-corrected chi connectivity index (χ3v) is 16.4. The van der Waals surface area contributed by atoms with Gasteiger partial charge in [-0.3, -0.25) is 23.6 Å². The van der Waals surface area contributed by atoms with Crippen molar-refractivity contribution in [3.63, 3.8) is 0 Å². The number of alkyl halides is 1. The second-order valence-corrected chi connectivity index (χ2v) is 22.9. The Morgan fingerprint density at radius 2 is 1.08 bits per heavy atom. The fraction of sp³-hybridized carbons (Fsp3) is 0.438. The number of carbonyl (C=O) groups is 4. The Labute approximate surface area is 498 Å². The SMILES string of the molecule is CC(C)c1cc(-c2n[nH]c(=O)n2-c2ccc3c(ccn3CCC3CCCCC3)c2)c(O)cc1O.CC(C)c1cc(-c2n[nH]c(=O)n2-c2ccc3c(ccn3CCC3CCN(C(=O)CCCC(=O)O)CC3)c2)c(O)cc1O.O=C1CCCC(=O)O1.[2H]CF. The minimum absolute atomic E-state index is 0.00468. The van der Waals surface area contributed by atoms with Gasteiger partial charge in [0.15, 0.2) is 11.6 Å². The van der Waals surface area contributed by atoms with Gasteiger partial charge in [-0.25, -0.2) is 28.9 Å². The van der Waals surface area contributed by atoms with E-state index in [-0.39, 0.29) is 77.0 Å². The van der Waals surface area contributed by atoms with Crippen LogP contribution >= 0.6 is 0 Å². The van der Waals surface area contributed by atoms with Crippen molar-refractivity contribution in [1.29, 1.82) is 0 Å². The molecule has 7 N–H and O–H groups in total. The number of carboxylic acids is 1. The zero-order valence-corrected chi connectivity index (χ0v) is 49.1. The fourth-order valence-corrected chi connectivity index (χ4v) is 11.7. The first kappa shape index (κ1) is 61.6. The van der Waals surface area contributed by atoms with Crippen LogP contribution in [0, 0.1) is 11.8 Å². The van der Waals surface area contributed by atoms with Gasteiger partial charge in [0.1, 0.15) is 23.0 Å². The number of H-pyrrole nitrogens is 2. The van der Waals surface area contributed by atoms with Gasteiger partial charge in [-0.1, -0.05) is 59.8 Å². The van der Waals surface area contributed by atoms with Crippen LogP contribution in [0.15, 0.2) is 94.8 Å². The number of aliphatic carboxylic acids is 1. The number of aromatic amines is 2. The van der Waals surface area contributed by atoms with Crippen molar-refractivity contribution in [3.05, 3.63) is 117 Å². The van der Waals surface area contributed by atoms with Crippen LogP contribution in [-0.2, 0) is 37.0 Å². The molecule has 1 amide bonds. The van der Waals surface area contributed by atoms with Crippen LogP contribution in [0.25, 0.3) is 56.0 Å². The molecule has 458 valence electrons. The van der Waals surface area contributed by atoms with Crippen molar-refractivity contribution in [2.75, 3.05) is 20.2 Å². The van der Waals surface area contributed by atoms with E-state index in [0.29, 0.717) is 84.1 Å². The molecular weight excluding hydrogens is 1110 g/mol. The first-order chi connectivity index (χ1) is 41.7. The summed E-state index contributed by atoms with van der Waals surface area (Å²) in [5.74, 6) is 0.0581. The molecule has 11 rings (SSSR count). The number of nitrogens with one attached hydrogen (secondary N) is 2. The van der Waals surface area contributed by atoms with Crippen molar-refractivity contribution in [2.45, 2.75) is 149 Å². The molecule has 0 bridgehead atoms. The molecule has 1 aliphatic carbocycles. The first-order valence-electron chi connectivity index (χ1n) is 30.2. The standard InChI is InChI=1S/C31H37N5O6.C27H32N4O3.C5H6O3.CH3F/c1-19(2)23-17-24(27(38)18-26(23)37)30-32-33-31(42)36(30)22-6-7-25-21(16-22)11-15-34(25)12-8-20-9-13-35(14-10-20)28(39)4-3-5-29(40)41;1-17(2)21-15-22(25(33)16-24(21)32)26-28-29-27(34)31(26)20-8-9-23-19(14-20)11-13-30(23)12-10-18-6-4-3-5-7-18;6-4-2-1-3-5(7)8-4;1-2/h6-7,11,15-20,37-38H,3-5,8-10,12-14H2,1-2H3,(H,33,42)(H,40,41);8-9,11,13-18,32-33H,3-7,10,12H2,1-2H3,(H,29,34);1-3H2;1H3/i;;;1D. The van der Waals surface area contributed by atoms with Crippen LogP contribution in [0.5, 0.6) is 23.0 Å². The lowest BCUT2D eigenvalue weighted by atomic mass is 9.87. The summed E-state index contributed by atoms with van der Waals surface area (Å²) >= 11 is 0. The number of halogens is 1. The van der Waals surface area contributed by atoms with E-state index in [1.807, 2.05) is 81.3 Å². The van der Waals surface area contributed by atoms with Gasteiger partial charge in [0.05, 0.1) is 31.0 Å². The van der Waals surface area contributed by atoms with Crippen LogP contribution < -0.4 is 11.4 Å². The van der Waals surface area contributed by atoms with Gasteiger partial charge < -0.3 is 44.3 Å². The number of phenols is 4. The Kier molecular flexibility index (Phi) is 20.6. The van der Waals surface area contributed by atoms with Crippen molar-refractivity contribution in [3.8, 4) is 57.1 Å². The number of piperidine rings is 1. The number of rotatable bonds is 16. The molecule has 0 atom stereocenters. The highest BCUT2D eigenvalue weighted by Crippen LogP contribution is 2.40. The molecular formula is C64H78FN9O12. The first-order valence-corrected chi connectivity index (χ1v) is 29.5. The van der Waals surface area contributed by atoms with Crippen molar-refractivity contribution in [2.24, 2.45) is 11.8 Å². The topological polar surface area (TPSA) is 293 Å². The van der Waals surface area contributed by atoms with Crippen LogP contribution in [0.2, 0.25) is 0 Å². The molecule has 0 spiro atoms. The van der Waals surface area contributed by atoms with Gasteiger partial charge in [0.25, 0.3) is 0 Å². The third-order valence-electron chi connectivity index (χ3n) is 16.4. The molecule has 86 heavy (non-hydrogen) atoms. The van der Waals surface area contributed by atoms with Crippen LogP contribution in [0.1, 0.15) is 148 Å². The summed E-state index contributed by atoms with van der Waals surface area (Å²) < 4.78 is 27.1.